The van der Waals surface area contributed by atoms with Crippen molar-refractivity contribution in [3.63, 3.8) is 0 Å². The Morgan fingerprint density at radius 2 is 1.92 bits per heavy atom. The van der Waals surface area contributed by atoms with E-state index in [4.69, 9.17) is 16.3 Å². The number of benzene rings is 2. The van der Waals surface area contributed by atoms with Crippen LogP contribution in [-0.4, -0.2) is 37.4 Å². The molecule has 0 saturated carbocycles. The normalized spacial score (nSPS) is 12.5. The van der Waals surface area contributed by atoms with Gasteiger partial charge in [-0.15, -0.1) is 0 Å². The predicted octanol–water partition coefficient (Wildman–Crippen LogP) is 3.46. The summed E-state index contributed by atoms with van der Waals surface area (Å²) in [5.41, 5.74) is 2.17. The smallest absolute Gasteiger partial charge is 0.255 e. The lowest BCUT2D eigenvalue weighted by atomic mass is 10.1. The molecule has 2 aromatic rings. The highest BCUT2D eigenvalue weighted by molar-refractivity contribution is 6.34. The number of fused-ring (bicyclic) bond motifs is 1. The molecule has 1 N–H and O–H groups in total. The van der Waals surface area contributed by atoms with Crippen LogP contribution in [0.4, 0.5) is 5.69 Å². The van der Waals surface area contributed by atoms with Gasteiger partial charge in [0.1, 0.15) is 12.4 Å². The molecule has 0 spiro atoms. The quantitative estimate of drug-likeness (QED) is 0.916. The topological polar surface area (TPSA) is 58.6 Å². The summed E-state index contributed by atoms with van der Waals surface area (Å²) in [6.45, 7) is 0.177. The molecule has 6 heteroatoms. The summed E-state index contributed by atoms with van der Waals surface area (Å²) in [4.78, 5) is 26.1. The number of carbonyl (C=O) groups excluding carboxylic acids is 2. The van der Waals surface area contributed by atoms with Crippen LogP contribution in [0.25, 0.3) is 6.08 Å². The summed E-state index contributed by atoms with van der Waals surface area (Å²) in [6, 6.07) is 12.3. The monoisotopic (exact) mass is 356 g/mol. The predicted molar refractivity (Wildman–Crippen MR) is 98.0 cm³/mol. The molecule has 1 aliphatic rings. The van der Waals surface area contributed by atoms with Gasteiger partial charge in [-0.25, -0.2) is 0 Å². The molecule has 25 heavy (non-hydrogen) atoms. The van der Waals surface area contributed by atoms with E-state index in [0.29, 0.717) is 21.8 Å². The van der Waals surface area contributed by atoms with E-state index in [1.807, 2.05) is 24.3 Å². The second-order valence-corrected chi connectivity index (χ2v) is 6.25. The van der Waals surface area contributed by atoms with Crippen LogP contribution in [0.1, 0.15) is 15.9 Å². The van der Waals surface area contributed by atoms with Crippen molar-refractivity contribution in [2.45, 2.75) is 0 Å². The number of rotatable bonds is 3. The average Bonchev–Trinajstić information content (AvgIpc) is 2.62. The van der Waals surface area contributed by atoms with Crippen LogP contribution in [0.2, 0.25) is 5.02 Å². The van der Waals surface area contributed by atoms with E-state index in [-0.39, 0.29) is 18.4 Å². The maximum absolute atomic E-state index is 12.5. The number of hydrogen-bond acceptors (Lipinski definition) is 3. The van der Waals surface area contributed by atoms with Gasteiger partial charge in [-0.05, 0) is 30.3 Å². The molecule has 2 amide bonds. The third-order valence-corrected chi connectivity index (χ3v) is 4.12. The zero-order chi connectivity index (χ0) is 18.0. The van der Waals surface area contributed by atoms with Gasteiger partial charge in [0.05, 0.1) is 16.3 Å². The van der Waals surface area contributed by atoms with E-state index in [2.05, 4.69) is 5.32 Å². The number of ether oxygens (including phenoxy) is 1. The molecule has 1 aliphatic heterocycles. The number of anilines is 1. The fraction of sp³-hybridized carbons (Fsp3) is 0.158. The molecule has 0 bridgehead atoms. The molecular formula is C19H17ClN2O3. The Bertz CT molecular complexity index is 875. The van der Waals surface area contributed by atoms with Gasteiger partial charge in [0, 0.05) is 25.2 Å². The summed E-state index contributed by atoms with van der Waals surface area (Å²) in [5.74, 6) is 0.267. The van der Waals surface area contributed by atoms with Gasteiger partial charge in [0.25, 0.3) is 11.8 Å². The fourth-order valence-corrected chi connectivity index (χ4v) is 2.63. The minimum atomic E-state index is -0.314. The number of para-hydroxylation sites is 1. The lowest BCUT2D eigenvalue weighted by Crippen LogP contribution is -2.23. The third kappa shape index (κ3) is 3.67. The first-order chi connectivity index (χ1) is 12.0. The van der Waals surface area contributed by atoms with Gasteiger partial charge in [0.15, 0.2) is 0 Å². The van der Waals surface area contributed by atoms with Gasteiger partial charge in [-0.3, -0.25) is 9.59 Å². The van der Waals surface area contributed by atoms with E-state index < -0.39 is 0 Å². The maximum atomic E-state index is 12.5. The number of nitrogens with one attached hydrogen (secondary N) is 1. The van der Waals surface area contributed by atoms with Crippen LogP contribution in [0.5, 0.6) is 5.75 Å². The van der Waals surface area contributed by atoms with Crippen molar-refractivity contribution in [3.8, 4) is 5.75 Å². The van der Waals surface area contributed by atoms with Crippen molar-refractivity contribution in [2.24, 2.45) is 0 Å². The number of halogens is 1. The SMILES string of the molecule is CN(C)C(=O)c1ccc(Cl)c(NC(=O)C2=Cc3ccccc3OC2)c1. The van der Waals surface area contributed by atoms with Gasteiger partial charge in [-0.2, -0.15) is 0 Å². The van der Waals surface area contributed by atoms with E-state index in [1.165, 1.54) is 4.90 Å². The van der Waals surface area contributed by atoms with Crippen molar-refractivity contribution in [1.82, 2.24) is 4.90 Å². The van der Waals surface area contributed by atoms with Crippen molar-refractivity contribution in [2.75, 3.05) is 26.0 Å². The summed E-state index contributed by atoms with van der Waals surface area (Å²) in [6.07, 6.45) is 1.79. The highest BCUT2D eigenvalue weighted by Crippen LogP contribution is 2.28. The highest BCUT2D eigenvalue weighted by Gasteiger charge is 2.19. The zero-order valence-electron chi connectivity index (χ0n) is 13.9. The van der Waals surface area contributed by atoms with Crippen molar-refractivity contribution in [3.05, 3.63) is 64.2 Å². The Hall–Kier alpha value is -2.79. The average molecular weight is 357 g/mol. The summed E-state index contributed by atoms with van der Waals surface area (Å²) >= 11 is 6.15. The molecule has 2 aromatic carbocycles. The van der Waals surface area contributed by atoms with Gasteiger partial charge < -0.3 is 15.0 Å². The minimum absolute atomic E-state index is 0.165. The van der Waals surface area contributed by atoms with E-state index in [0.717, 1.165) is 11.3 Å². The van der Waals surface area contributed by atoms with Gasteiger partial charge in [-0.1, -0.05) is 29.8 Å². The van der Waals surface area contributed by atoms with Gasteiger partial charge in [0.2, 0.25) is 0 Å². The molecule has 1 heterocycles. The molecule has 0 unspecified atom stereocenters. The molecule has 128 valence electrons. The molecule has 5 nitrogen and oxygen atoms in total. The summed E-state index contributed by atoms with van der Waals surface area (Å²) < 4.78 is 5.60. The lowest BCUT2D eigenvalue weighted by molar-refractivity contribution is -0.113. The summed E-state index contributed by atoms with van der Waals surface area (Å²) in [7, 11) is 3.33. The Kier molecular flexibility index (Phi) is 4.76. The Labute approximate surface area is 150 Å². The first-order valence-electron chi connectivity index (χ1n) is 7.70. The van der Waals surface area contributed by atoms with E-state index in [9.17, 15) is 9.59 Å². The van der Waals surface area contributed by atoms with Gasteiger partial charge >= 0.3 is 0 Å². The Balaban J connectivity index is 1.83. The number of amides is 2. The fourth-order valence-electron chi connectivity index (χ4n) is 2.46. The molecule has 0 aromatic heterocycles. The third-order valence-electron chi connectivity index (χ3n) is 3.79. The Morgan fingerprint density at radius 1 is 1.16 bits per heavy atom. The van der Waals surface area contributed by atoms with E-state index in [1.54, 1.807) is 38.4 Å². The molecule has 0 radical (unpaired) electrons. The maximum Gasteiger partial charge on any atom is 0.255 e. The lowest BCUT2D eigenvalue weighted by Gasteiger charge is -2.18. The van der Waals surface area contributed by atoms with Crippen LogP contribution in [0, 0.1) is 0 Å². The van der Waals surface area contributed by atoms with Crippen LogP contribution in [0.15, 0.2) is 48.0 Å². The molecule has 0 saturated heterocycles. The van der Waals surface area contributed by atoms with Crippen LogP contribution < -0.4 is 10.1 Å². The zero-order valence-corrected chi connectivity index (χ0v) is 14.6. The van der Waals surface area contributed by atoms with Crippen molar-refractivity contribution >= 4 is 35.2 Å². The highest BCUT2D eigenvalue weighted by atomic mass is 35.5. The first-order valence-corrected chi connectivity index (χ1v) is 8.08. The largest absolute Gasteiger partial charge is 0.488 e. The number of carbonyl (C=O) groups is 2. The molecule has 0 aliphatic carbocycles. The standard InChI is InChI=1S/C19H17ClN2O3/c1-22(2)19(24)13-7-8-15(20)16(10-13)21-18(23)14-9-12-5-3-4-6-17(12)25-11-14/h3-10H,11H2,1-2H3,(H,21,23). The number of hydrogen-bond donors (Lipinski definition) is 1. The molecule has 0 atom stereocenters. The van der Waals surface area contributed by atoms with Crippen LogP contribution in [-0.2, 0) is 4.79 Å². The Morgan fingerprint density at radius 3 is 2.68 bits per heavy atom. The number of nitrogens with zero attached hydrogens (tertiary/aromatic N) is 1. The second kappa shape index (κ2) is 6.99. The molecule has 0 fully saturated rings. The molecule has 3 rings (SSSR count). The molecular weight excluding hydrogens is 340 g/mol. The first kappa shape index (κ1) is 17.0. The van der Waals surface area contributed by atoms with Crippen molar-refractivity contribution in [1.29, 1.82) is 0 Å². The van der Waals surface area contributed by atoms with E-state index >= 15 is 0 Å². The summed E-state index contributed by atoms with van der Waals surface area (Å²) in [5, 5.41) is 3.12. The van der Waals surface area contributed by atoms with Crippen molar-refractivity contribution < 1.29 is 14.3 Å². The second-order valence-electron chi connectivity index (χ2n) is 5.84. The minimum Gasteiger partial charge on any atom is -0.488 e. The van der Waals surface area contributed by atoms with Crippen LogP contribution in [0.3, 0.4) is 0 Å². The van der Waals surface area contributed by atoms with Crippen LogP contribution >= 0.6 is 11.6 Å².